The van der Waals surface area contributed by atoms with E-state index in [-0.39, 0.29) is 5.91 Å². The van der Waals surface area contributed by atoms with Crippen molar-refractivity contribution in [3.8, 4) is 22.9 Å². The Hall–Kier alpha value is -5.35. The van der Waals surface area contributed by atoms with Gasteiger partial charge in [0.2, 0.25) is 0 Å². The third-order valence-corrected chi connectivity index (χ3v) is 8.24. The lowest BCUT2D eigenvalue weighted by atomic mass is 9.98. The summed E-state index contributed by atoms with van der Waals surface area (Å²) in [7, 11) is 4.96. The molecule has 4 aromatic carbocycles. The van der Waals surface area contributed by atoms with Crippen LogP contribution in [0.3, 0.4) is 0 Å². The molecule has 46 heavy (non-hydrogen) atoms. The molecule has 0 radical (unpaired) electrons. The van der Waals surface area contributed by atoms with Gasteiger partial charge in [0.25, 0.3) is 5.91 Å². The van der Waals surface area contributed by atoms with Crippen molar-refractivity contribution < 1.29 is 19.0 Å². The molecule has 1 aliphatic heterocycles. The van der Waals surface area contributed by atoms with Crippen molar-refractivity contribution in [1.29, 1.82) is 0 Å². The van der Waals surface area contributed by atoms with E-state index in [0.717, 1.165) is 61.0 Å². The molecule has 5 aromatic rings. The first kappa shape index (κ1) is 30.7. The molecule has 2 heterocycles. The van der Waals surface area contributed by atoms with Crippen LogP contribution in [-0.4, -0.2) is 60.2 Å². The topological polar surface area (TPSA) is 103 Å². The van der Waals surface area contributed by atoms with Gasteiger partial charge in [-0.2, -0.15) is 0 Å². The SMILES string of the molecule is COc1ccc(C(=O)Nc2ccccc2NCc2cn(-c3ccc(CCN4CCc5cc(OC)c(OC)cc5C4)cc3)nn2)cc1. The van der Waals surface area contributed by atoms with Crippen LogP contribution in [0, 0.1) is 0 Å². The van der Waals surface area contributed by atoms with Crippen LogP contribution < -0.4 is 24.8 Å². The molecule has 236 valence electrons. The number of hydrogen-bond donors (Lipinski definition) is 2. The smallest absolute Gasteiger partial charge is 0.255 e. The summed E-state index contributed by atoms with van der Waals surface area (Å²) >= 11 is 0. The minimum atomic E-state index is -0.200. The minimum Gasteiger partial charge on any atom is -0.497 e. The van der Waals surface area contributed by atoms with Gasteiger partial charge in [0.1, 0.15) is 11.4 Å². The standard InChI is InChI=1S/C36H38N6O4/c1-44-31-14-10-26(11-15-31)36(43)38-33-7-5-4-6-32(33)37-22-29-24-42(40-39-29)30-12-8-25(9-13-30)16-18-41-19-17-27-20-34(45-2)35(46-3)21-28(27)23-41/h4-15,20-21,24,37H,16-19,22-23H2,1-3H3,(H,38,43). The number of amides is 1. The van der Waals surface area contributed by atoms with Crippen molar-refractivity contribution in [1.82, 2.24) is 19.9 Å². The number of ether oxygens (including phenoxy) is 3. The van der Waals surface area contributed by atoms with Crippen LogP contribution in [0.15, 0.2) is 91.1 Å². The number of fused-ring (bicyclic) bond motifs is 1. The van der Waals surface area contributed by atoms with E-state index in [9.17, 15) is 4.79 Å². The quantitative estimate of drug-likeness (QED) is 0.182. The van der Waals surface area contributed by atoms with Gasteiger partial charge in [0.05, 0.1) is 51.1 Å². The van der Waals surface area contributed by atoms with Gasteiger partial charge in [-0.15, -0.1) is 5.10 Å². The van der Waals surface area contributed by atoms with E-state index in [4.69, 9.17) is 14.2 Å². The Kier molecular flexibility index (Phi) is 9.45. The van der Waals surface area contributed by atoms with E-state index in [1.807, 2.05) is 30.5 Å². The predicted molar refractivity (Wildman–Crippen MR) is 178 cm³/mol. The first-order valence-corrected chi connectivity index (χ1v) is 15.3. The van der Waals surface area contributed by atoms with Gasteiger partial charge < -0.3 is 24.8 Å². The number of nitrogens with one attached hydrogen (secondary N) is 2. The lowest BCUT2D eigenvalue weighted by Crippen LogP contribution is -2.32. The molecule has 0 aliphatic carbocycles. The van der Waals surface area contributed by atoms with Gasteiger partial charge in [0.15, 0.2) is 11.5 Å². The first-order chi connectivity index (χ1) is 22.5. The third kappa shape index (κ3) is 7.13. The molecule has 0 bridgehead atoms. The van der Waals surface area contributed by atoms with Crippen molar-refractivity contribution >= 4 is 17.3 Å². The highest BCUT2D eigenvalue weighted by Crippen LogP contribution is 2.33. The van der Waals surface area contributed by atoms with E-state index < -0.39 is 0 Å². The van der Waals surface area contributed by atoms with Gasteiger partial charge in [-0.05, 0) is 90.2 Å². The van der Waals surface area contributed by atoms with Crippen molar-refractivity contribution in [2.24, 2.45) is 0 Å². The van der Waals surface area contributed by atoms with Crippen LogP contribution in [0.5, 0.6) is 17.2 Å². The summed E-state index contributed by atoms with van der Waals surface area (Å²) in [6.07, 6.45) is 3.88. The van der Waals surface area contributed by atoms with Gasteiger partial charge in [-0.1, -0.05) is 29.5 Å². The highest BCUT2D eigenvalue weighted by atomic mass is 16.5. The number of anilines is 2. The predicted octanol–water partition coefficient (Wildman–Crippen LogP) is 5.76. The average molecular weight is 619 g/mol. The fourth-order valence-corrected chi connectivity index (χ4v) is 5.61. The summed E-state index contributed by atoms with van der Waals surface area (Å²) in [5.41, 5.74) is 7.65. The summed E-state index contributed by atoms with van der Waals surface area (Å²) in [5, 5.41) is 15.1. The highest BCUT2D eigenvalue weighted by molar-refractivity contribution is 6.05. The average Bonchev–Trinajstić information content (AvgIpc) is 3.59. The molecule has 1 aromatic heterocycles. The summed E-state index contributed by atoms with van der Waals surface area (Å²) < 4.78 is 17.9. The Morgan fingerprint density at radius 3 is 2.28 bits per heavy atom. The van der Waals surface area contributed by atoms with Crippen molar-refractivity contribution in [3.63, 3.8) is 0 Å². The van der Waals surface area contributed by atoms with Crippen LogP contribution in [0.2, 0.25) is 0 Å². The minimum absolute atomic E-state index is 0.200. The van der Waals surface area contributed by atoms with Crippen LogP contribution in [0.1, 0.15) is 32.7 Å². The molecule has 0 atom stereocenters. The van der Waals surface area contributed by atoms with Crippen molar-refractivity contribution in [2.75, 3.05) is 45.1 Å². The third-order valence-electron chi connectivity index (χ3n) is 8.24. The maximum atomic E-state index is 12.8. The number of aromatic nitrogens is 3. The van der Waals surface area contributed by atoms with E-state index in [1.54, 1.807) is 50.3 Å². The van der Waals surface area contributed by atoms with E-state index in [1.165, 1.54) is 16.7 Å². The highest BCUT2D eigenvalue weighted by Gasteiger charge is 2.19. The zero-order chi connectivity index (χ0) is 31.9. The summed E-state index contributed by atoms with van der Waals surface area (Å²) in [5.74, 6) is 2.08. The van der Waals surface area contributed by atoms with Crippen molar-refractivity contribution in [2.45, 2.75) is 25.9 Å². The Labute approximate surface area is 268 Å². The number of carbonyl (C=O) groups excluding carboxylic acids is 1. The molecule has 0 saturated heterocycles. The van der Waals surface area contributed by atoms with E-state index in [2.05, 4.69) is 62.2 Å². The van der Waals surface area contributed by atoms with Crippen LogP contribution in [0.4, 0.5) is 11.4 Å². The number of nitrogens with zero attached hydrogens (tertiary/aromatic N) is 4. The van der Waals surface area contributed by atoms with E-state index >= 15 is 0 Å². The Bertz CT molecular complexity index is 1790. The van der Waals surface area contributed by atoms with Crippen molar-refractivity contribution in [3.05, 3.63) is 119 Å². The first-order valence-electron chi connectivity index (χ1n) is 15.3. The lowest BCUT2D eigenvalue weighted by molar-refractivity contribution is 0.102. The molecule has 0 saturated carbocycles. The molecule has 6 rings (SSSR count). The molecule has 0 fully saturated rings. The van der Waals surface area contributed by atoms with E-state index in [0.29, 0.717) is 23.5 Å². The van der Waals surface area contributed by atoms with Crippen LogP contribution in [0.25, 0.3) is 5.69 Å². The summed E-state index contributed by atoms with van der Waals surface area (Å²) in [6.45, 7) is 3.36. The number of para-hydroxylation sites is 2. The Balaban J connectivity index is 1.02. The molecular weight excluding hydrogens is 580 g/mol. The maximum Gasteiger partial charge on any atom is 0.255 e. The molecule has 1 amide bonds. The molecule has 1 aliphatic rings. The Morgan fingerprint density at radius 2 is 1.57 bits per heavy atom. The second kappa shape index (κ2) is 14.2. The molecule has 0 spiro atoms. The number of methoxy groups -OCH3 is 3. The monoisotopic (exact) mass is 618 g/mol. The fourth-order valence-electron chi connectivity index (χ4n) is 5.61. The largest absolute Gasteiger partial charge is 0.497 e. The zero-order valence-corrected chi connectivity index (χ0v) is 26.3. The second-order valence-electron chi connectivity index (χ2n) is 11.2. The molecule has 2 N–H and O–H groups in total. The lowest BCUT2D eigenvalue weighted by Gasteiger charge is -2.29. The van der Waals surface area contributed by atoms with Gasteiger partial charge in [0, 0.05) is 25.2 Å². The molecule has 0 unspecified atom stereocenters. The fraction of sp³-hybridized carbons (Fsp3) is 0.250. The molecular formula is C36H38N6O4. The number of rotatable bonds is 12. The summed E-state index contributed by atoms with van der Waals surface area (Å²) in [6, 6.07) is 27.3. The van der Waals surface area contributed by atoms with Gasteiger partial charge >= 0.3 is 0 Å². The van der Waals surface area contributed by atoms with Crippen LogP contribution >= 0.6 is 0 Å². The van der Waals surface area contributed by atoms with Crippen LogP contribution in [-0.2, 0) is 25.9 Å². The normalized spacial score (nSPS) is 12.7. The van der Waals surface area contributed by atoms with Gasteiger partial charge in [-0.3, -0.25) is 9.69 Å². The maximum absolute atomic E-state index is 12.8. The van der Waals surface area contributed by atoms with Gasteiger partial charge in [-0.25, -0.2) is 4.68 Å². The Morgan fingerprint density at radius 1 is 0.848 bits per heavy atom. The number of carbonyl (C=O) groups is 1. The zero-order valence-electron chi connectivity index (χ0n) is 26.3. The number of hydrogen-bond acceptors (Lipinski definition) is 8. The summed E-state index contributed by atoms with van der Waals surface area (Å²) in [4.78, 5) is 15.3. The second-order valence-corrected chi connectivity index (χ2v) is 11.2. The molecule has 10 heteroatoms. The number of benzene rings is 4. The molecule has 10 nitrogen and oxygen atoms in total.